The van der Waals surface area contributed by atoms with E-state index < -0.39 is 59.6 Å². The molecule has 5 atom stereocenters. The summed E-state index contributed by atoms with van der Waals surface area (Å²) in [5.74, 6) is -7.33. The van der Waals surface area contributed by atoms with E-state index in [1.54, 1.807) is 48.5 Å². The Labute approximate surface area is 230 Å². The van der Waals surface area contributed by atoms with Gasteiger partial charge in [0.2, 0.25) is 11.8 Å². The predicted octanol–water partition coefficient (Wildman–Crippen LogP) is 2.70. The number of likely N-dealkylation sites (tertiary alicyclic amines) is 1. The second-order valence-electron chi connectivity index (χ2n) is 11.3. The first-order chi connectivity index (χ1) is 19.2. The van der Waals surface area contributed by atoms with E-state index in [1.165, 1.54) is 0 Å². The van der Waals surface area contributed by atoms with Gasteiger partial charge in [-0.3, -0.25) is 14.4 Å². The molecular formula is C30H30F2N4O4. The lowest BCUT2D eigenvalue weighted by Gasteiger charge is -2.34. The van der Waals surface area contributed by atoms with Gasteiger partial charge < -0.3 is 20.6 Å². The molecule has 10 heteroatoms. The third kappa shape index (κ3) is 3.98. The van der Waals surface area contributed by atoms with E-state index in [9.17, 15) is 33.5 Å². The standard InChI is InChI=1S/C30H30F2N4O4/c31-29(32)12-11-21-24(29)16-36(25(21)27(38)35-18(15-33)14-17-6-5-13-34-26(17)37)28(39)30(40)22-9-3-1-7-19(22)20-8-2-4-10-23(20)30/h1-4,7-10,17-18,21,24-25,40H,5-6,11-14,16H2,(H,34,37)(H,35,38)/t17-,18-,21+,24+,25-/m0/s1. The Morgan fingerprint density at radius 3 is 2.40 bits per heavy atom. The lowest BCUT2D eigenvalue weighted by molar-refractivity contribution is -0.153. The second-order valence-corrected chi connectivity index (χ2v) is 11.3. The second kappa shape index (κ2) is 9.66. The van der Waals surface area contributed by atoms with Crippen LogP contribution >= 0.6 is 0 Å². The summed E-state index contributed by atoms with van der Waals surface area (Å²) >= 11 is 0. The van der Waals surface area contributed by atoms with Crippen molar-refractivity contribution < 1.29 is 28.3 Å². The van der Waals surface area contributed by atoms with E-state index in [4.69, 9.17) is 0 Å². The molecule has 8 nitrogen and oxygen atoms in total. The summed E-state index contributed by atoms with van der Waals surface area (Å²) in [5.41, 5.74) is -0.163. The highest BCUT2D eigenvalue weighted by Gasteiger charge is 2.63. The minimum Gasteiger partial charge on any atom is -0.372 e. The Bertz CT molecular complexity index is 1380. The van der Waals surface area contributed by atoms with Gasteiger partial charge in [0.15, 0.2) is 5.60 Å². The average Bonchev–Trinajstić information content (AvgIpc) is 3.58. The van der Waals surface area contributed by atoms with Gasteiger partial charge in [-0.2, -0.15) is 5.26 Å². The van der Waals surface area contributed by atoms with E-state index in [1.807, 2.05) is 6.07 Å². The fraction of sp³-hybridized carbons (Fsp3) is 0.467. The number of nitrogens with one attached hydrogen (secondary N) is 2. The van der Waals surface area contributed by atoms with Crippen molar-refractivity contribution in [1.82, 2.24) is 15.5 Å². The first kappa shape index (κ1) is 26.4. The van der Waals surface area contributed by atoms with Crippen LogP contribution < -0.4 is 10.6 Å². The van der Waals surface area contributed by atoms with E-state index in [0.717, 1.165) is 11.3 Å². The van der Waals surface area contributed by atoms with Crippen LogP contribution in [0.25, 0.3) is 11.1 Å². The zero-order valence-electron chi connectivity index (χ0n) is 21.8. The Hall–Kier alpha value is -3.84. The molecule has 0 bridgehead atoms. The number of amides is 3. The normalized spacial score (nSPS) is 28.1. The van der Waals surface area contributed by atoms with Gasteiger partial charge in [-0.1, -0.05) is 48.5 Å². The minimum atomic E-state index is -3.07. The van der Waals surface area contributed by atoms with E-state index in [0.29, 0.717) is 35.2 Å². The lowest BCUT2D eigenvalue weighted by atomic mass is 9.88. The number of nitrogens with zero attached hydrogens (tertiary/aromatic N) is 2. The maximum absolute atomic E-state index is 15.0. The van der Waals surface area contributed by atoms with Crippen molar-refractivity contribution in [2.75, 3.05) is 13.1 Å². The molecule has 0 unspecified atom stereocenters. The van der Waals surface area contributed by atoms with Gasteiger partial charge in [-0.15, -0.1) is 0 Å². The molecule has 2 aromatic carbocycles. The van der Waals surface area contributed by atoms with Gasteiger partial charge in [0.25, 0.3) is 11.8 Å². The van der Waals surface area contributed by atoms with Crippen LogP contribution in [0.5, 0.6) is 0 Å². The van der Waals surface area contributed by atoms with Crippen LogP contribution in [0, 0.1) is 29.1 Å². The number of piperidine rings is 1. The summed E-state index contributed by atoms with van der Waals surface area (Å²) < 4.78 is 30.0. The molecule has 3 fully saturated rings. The molecule has 6 rings (SSSR count). The Kier molecular flexibility index (Phi) is 6.37. The van der Waals surface area contributed by atoms with Gasteiger partial charge >= 0.3 is 0 Å². The first-order valence-corrected chi connectivity index (χ1v) is 13.7. The molecule has 2 aromatic rings. The van der Waals surface area contributed by atoms with Crippen LogP contribution in [-0.4, -0.2) is 58.8 Å². The number of rotatable bonds is 5. The number of carbonyl (C=O) groups is 3. The molecule has 2 heterocycles. The van der Waals surface area contributed by atoms with Crippen LogP contribution in [0.15, 0.2) is 48.5 Å². The van der Waals surface area contributed by atoms with Crippen molar-refractivity contribution in [3.63, 3.8) is 0 Å². The van der Waals surface area contributed by atoms with Crippen LogP contribution in [0.4, 0.5) is 8.78 Å². The summed E-state index contributed by atoms with van der Waals surface area (Å²) in [6.07, 6.45) is 1.07. The fourth-order valence-electron chi connectivity index (χ4n) is 7.20. The van der Waals surface area contributed by atoms with Crippen molar-refractivity contribution in [1.29, 1.82) is 5.26 Å². The summed E-state index contributed by atoms with van der Waals surface area (Å²) in [6, 6.07) is 13.5. The Morgan fingerprint density at radius 1 is 1.12 bits per heavy atom. The fourth-order valence-corrected chi connectivity index (χ4v) is 7.20. The lowest BCUT2D eigenvalue weighted by Crippen LogP contribution is -2.56. The van der Waals surface area contributed by atoms with Crippen LogP contribution in [0.3, 0.4) is 0 Å². The summed E-state index contributed by atoms with van der Waals surface area (Å²) in [4.78, 5) is 41.4. The number of hydrogen-bond donors (Lipinski definition) is 3. The van der Waals surface area contributed by atoms with Crippen molar-refractivity contribution in [2.24, 2.45) is 17.8 Å². The maximum Gasteiger partial charge on any atom is 0.264 e. The summed E-state index contributed by atoms with van der Waals surface area (Å²) in [5, 5.41) is 27.3. The number of carbonyl (C=O) groups excluding carboxylic acids is 3. The molecule has 2 aliphatic carbocycles. The monoisotopic (exact) mass is 548 g/mol. The third-order valence-corrected chi connectivity index (χ3v) is 9.16. The van der Waals surface area contributed by atoms with Crippen molar-refractivity contribution in [3.05, 3.63) is 59.7 Å². The zero-order chi connectivity index (χ0) is 28.2. The topological polar surface area (TPSA) is 123 Å². The number of hydrogen-bond acceptors (Lipinski definition) is 5. The summed E-state index contributed by atoms with van der Waals surface area (Å²) in [7, 11) is 0. The smallest absolute Gasteiger partial charge is 0.264 e. The number of fused-ring (bicyclic) bond motifs is 4. The van der Waals surface area contributed by atoms with E-state index in [2.05, 4.69) is 10.6 Å². The molecule has 4 aliphatic rings. The van der Waals surface area contributed by atoms with Crippen LogP contribution in [0.1, 0.15) is 43.2 Å². The SMILES string of the molecule is N#C[C@H](C[C@@H]1CCCNC1=O)NC(=O)[C@@H]1[C@@H]2CCC(F)(F)[C@@H]2CN1C(=O)C1(O)c2ccccc2-c2ccccc21. The van der Waals surface area contributed by atoms with Gasteiger partial charge in [0, 0.05) is 42.5 Å². The zero-order valence-corrected chi connectivity index (χ0v) is 21.8. The van der Waals surface area contributed by atoms with Crippen LogP contribution in [-0.2, 0) is 20.0 Å². The third-order valence-electron chi connectivity index (χ3n) is 9.16. The molecule has 2 saturated heterocycles. The van der Waals surface area contributed by atoms with E-state index in [-0.39, 0.29) is 25.3 Å². The molecule has 2 aliphatic heterocycles. The number of aliphatic hydroxyl groups is 1. The summed E-state index contributed by atoms with van der Waals surface area (Å²) in [6.45, 7) is 0.175. The first-order valence-electron chi connectivity index (χ1n) is 13.7. The number of halogens is 2. The Morgan fingerprint density at radius 2 is 1.77 bits per heavy atom. The number of nitriles is 1. The van der Waals surface area contributed by atoms with E-state index >= 15 is 0 Å². The maximum atomic E-state index is 15.0. The van der Waals surface area contributed by atoms with Gasteiger partial charge in [-0.25, -0.2) is 8.78 Å². The average molecular weight is 549 g/mol. The highest BCUT2D eigenvalue weighted by molar-refractivity contribution is 6.01. The molecule has 1 saturated carbocycles. The van der Waals surface area contributed by atoms with Gasteiger partial charge in [-0.05, 0) is 42.7 Å². The quantitative estimate of drug-likeness (QED) is 0.531. The molecule has 0 radical (unpaired) electrons. The van der Waals surface area contributed by atoms with Gasteiger partial charge in [0.1, 0.15) is 12.1 Å². The molecule has 208 valence electrons. The van der Waals surface area contributed by atoms with Crippen molar-refractivity contribution in [2.45, 2.75) is 55.7 Å². The molecule has 3 N–H and O–H groups in total. The highest BCUT2D eigenvalue weighted by atomic mass is 19.3. The molecule has 40 heavy (non-hydrogen) atoms. The molecular weight excluding hydrogens is 518 g/mol. The van der Waals surface area contributed by atoms with Crippen molar-refractivity contribution in [3.8, 4) is 17.2 Å². The number of alkyl halides is 2. The van der Waals surface area contributed by atoms with Crippen molar-refractivity contribution >= 4 is 17.7 Å². The number of benzene rings is 2. The molecule has 0 aromatic heterocycles. The molecule has 0 spiro atoms. The minimum absolute atomic E-state index is 0.0351. The van der Waals surface area contributed by atoms with Gasteiger partial charge in [0.05, 0.1) is 6.07 Å². The predicted molar refractivity (Wildman–Crippen MR) is 139 cm³/mol. The highest BCUT2D eigenvalue weighted by Crippen LogP contribution is 2.54. The Balaban J connectivity index is 1.33. The molecule has 3 amide bonds. The largest absolute Gasteiger partial charge is 0.372 e. The van der Waals surface area contributed by atoms with Crippen LogP contribution in [0.2, 0.25) is 0 Å².